The van der Waals surface area contributed by atoms with Crippen LogP contribution in [0.2, 0.25) is 0 Å². The second-order valence-corrected chi connectivity index (χ2v) is 4.28. The molecule has 2 saturated carbocycles. The highest BCUT2D eigenvalue weighted by Gasteiger charge is 2.39. The number of amides is 1. The molecule has 0 radical (unpaired) electrons. The third kappa shape index (κ3) is 1.85. The predicted molar refractivity (Wildman–Crippen MR) is 49.3 cm³/mol. The summed E-state index contributed by atoms with van der Waals surface area (Å²) in [5, 5.41) is 3.05. The van der Waals surface area contributed by atoms with E-state index in [1.54, 1.807) is 7.11 Å². The number of nitrogens with one attached hydrogen (secondary N) is 1. The van der Waals surface area contributed by atoms with Crippen LogP contribution in [0.15, 0.2) is 0 Å². The molecule has 1 N–H and O–H groups in total. The number of methoxy groups -OCH3 is 1. The van der Waals surface area contributed by atoms with Crippen molar-refractivity contribution in [1.29, 1.82) is 0 Å². The van der Waals surface area contributed by atoms with Gasteiger partial charge in [-0.05, 0) is 31.1 Å². The number of fused-ring (bicyclic) bond motifs is 2. The van der Waals surface area contributed by atoms with Gasteiger partial charge in [0.25, 0.3) is 0 Å². The lowest BCUT2D eigenvalue weighted by molar-refractivity contribution is -0.125. The molecule has 0 aromatic heterocycles. The minimum atomic E-state index is 0.0417. The van der Waals surface area contributed by atoms with Crippen molar-refractivity contribution in [1.82, 2.24) is 5.32 Å². The fourth-order valence-corrected chi connectivity index (χ4v) is 2.80. The Bertz CT molecular complexity index is 205. The summed E-state index contributed by atoms with van der Waals surface area (Å²) in [4.78, 5) is 11.2. The highest BCUT2D eigenvalue weighted by atomic mass is 16.5. The van der Waals surface area contributed by atoms with E-state index in [2.05, 4.69) is 5.32 Å². The molecule has 0 spiro atoms. The molecule has 3 nitrogen and oxygen atoms in total. The first-order chi connectivity index (χ1) is 6.29. The minimum Gasteiger partial charge on any atom is -0.375 e. The average Bonchev–Trinajstić information content (AvgIpc) is 2.65. The van der Waals surface area contributed by atoms with Gasteiger partial charge in [0.05, 0.1) is 0 Å². The second-order valence-electron chi connectivity index (χ2n) is 4.28. The van der Waals surface area contributed by atoms with Crippen molar-refractivity contribution in [3.8, 4) is 0 Å². The topological polar surface area (TPSA) is 38.3 Å². The van der Waals surface area contributed by atoms with Gasteiger partial charge in [0.1, 0.15) is 6.61 Å². The van der Waals surface area contributed by atoms with Crippen molar-refractivity contribution in [3.63, 3.8) is 0 Å². The molecule has 0 aromatic carbocycles. The standard InChI is InChI=1S/C10H17NO2/c1-13-6-10(12)11-9-5-7-2-3-8(9)4-7/h7-9H,2-6H2,1H3,(H,11,12)/t7-,8-,9+/m0/s1. The molecule has 0 unspecified atom stereocenters. The molecule has 0 saturated heterocycles. The third-order valence-corrected chi connectivity index (χ3v) is 3.36. The molecule has 0 aliphatic heterocycles. The second kappa shape index (κ2) is 3.66. The number of rotatable bonds is 3. The maximum atomic E-state index is 11.2. The molecule has 0 aromatic rings. The Kier molecular flexibility index (Phi) is 2.54. The Morgan fingerprint density at radius 3 is 2.85 bits per heavy atom. The Balaban J connectivity index is 1.79. The van der Waals surface area contributed by atoms with E-state index >= 15 is 0 Å². The van der Waals surface area contributed by atoms with E-state index in [4.69, 9.17) is 4.74 Å². The van der Waals surface area contributed by atoms with Gasteiger partial charge in [-0.2, -0.15) is 0 Å². The summed E-state index contributed by atoms with van der Waals surface area (Å²) in [5.74, 6) is 1.68. The Hall–Kier alpha value is -0.570. The first kappa shape index (κ1) is 9.00. The van der Waals surface area contributed by atoms with Gasteiger partial charge in [-0.1, -0.05) is 6.42 Å². The summed E-state index contributed by atoms with van der Waals surface area (Å²) < 4.78 is 4.78. The molecular formula is C10H17NO2. The zero-order valence-electron chi connectivity index (χ0n) is 8.08. The molecule has 3 heteroatoms. The molecule has 2 bridgehead atoms. The molecule has 2 aliphatic rings. The van der Waals surface area contributed by atoms with Crippen LogP contribution in [0.25, 0.3) is 0 Å². The van der Waals surface area contributed by atoms with Crippen LogP contribution in [0.1, 0.15) is 25.7 Å². The quantitative estimate of drug-likeness (QED) is 0.707. The van der Waals surface area contributed by atoms with Crippen LogP contribution in [0.5, 0.6) is 0 Å². The summed E-state index contributed by atoms with van der Waals surface area (Å²) in [7, 11) is 1.56. The molecule has 74 valence electrons. The zero-order chi connectivity index (χ0) is 9.26. The number of hydrogen-bond acceptors (Lipinski definition) is 2. The van der Waals surface area contributed by atoms with E-state index in [1.165, 1.54) is 25.7 Å². The molecule has 13 heavy (non-hydrogen) atoms. The Morgan fingerprint density at radius 2 is 2.31 bits per heavy atom. The van der Waals surface area contributed by atoms with Gasteiger partial charge in [-0.15, -0.1) is 0 Å². The predicted octanol–water partition coefficient (Wildman–Crippen LogP) is 0.938. The van der Waals surface area contributed by atoms with E-state index in [-0.39, 0.29) is 12.5 Å². The first-order valence-corrected chi connectivity index (χ1v) is 5.08. The van der Waals surface area contributed by atoms with Gasteiger partial charge in [0.15, 0.2) is 0 Å². The molecule has 2 rings (SSSR count). The average molecular weight is 183 g/mol. The van der Waals surface area contributed by atoms with Crippen LogP contribution >= 0.6 is 0 Å². The summed E-state index contributed by atoms with van der Waals surface area (Å²) in [6.45, 7) is 0.202. The highest BCUT2D eigenvalue weighted by molar-refractivity contribution is 5.77. The SMILES string of the molecule is COCC(=O)N[C@@H]1C[C@H]2CC[C@H]1C2. The smallest absolute Gasteiger partial charge is 0.246 e. The van der Waals surface area contributed by atoms with Crippen LogP contribution in [0, 0.1) is 11.8 Å². The fourth-order valence-electron chi connectivity index (χ4n) is 2.80. The van der Waals surface area contributed by atoms with Crippen LogP contribution in [0.3, 0.4) is 0 Å². The van der Waals surface area contributed by atoms with E-state index < -0.39 is 0 Å². The van der Waals surface area contributed by atoms with Crippen LogP contribution < -0.4 is 5.32 Å². The normalized spacial score (nSPS) is 36.5. The van der Waals surface area contributed by atoms with Gasteiger partial charge < -0.3 is 10.1 Å². The van der Waals surface area contributed by atoms with Crippen molar-refractivity contribution < 1.29 is 9.53 Å². The maximum Gasteiger partial charge on any atom is 0.246 e. The fraction of sp³-hybridized carbons (Fsp3) is 0.900. The molecular weight excluding hydrogens is 166 g/mol. The van der Waals surface area contributed by atoms with Crippen molar-refractivity contribution in [2.45, 2.75) is 31.7 Å². The zero-order valence-corrected chi connectivity index (χ0v) is 8.08. The van der Waals surface area contributed by atoms with Gasteiger partial charge in [-0.3, -0.25) is 4.79 Å². The lowest BCUT2D eigenvalue weighted by Gasteiger charge is -2.22. The summed E-state index contributed by atoms with van der Waals surface area (Å²) in [6, 6.07) is 0.446. The van der Waals surface area contributed by atoms with E-state index in [0.717, 1.165) is 11.8 Å². The summed E-state index contributed by atoms with van der Waals surface area (Å²) in [5.41, 5.74) is 0. The number of hydrogen-bond donors (Lipinski definition) is 1. The van der Waals surface area contributed by atoms with E-state index in [0.29, 0.717) is 6.04 Å². The van der Waals surface area contributed by atoms with Crippen LogP contribution in [0.4, 0.5) is 0 Å². The molecule has 2 fully saturated rings. The van der Waals surface area contributed by atoms with Crippen LogP contribution in [-0.2, 0) is 9.53 Å². The minimum absolute atomic E-state index is 0.0417. The van der Waals surface area contributed by atoms with Crippen molar-refractivity contribution in [2.75, 3.05) is 13.7 Å². The number of carbonyl (C=O) groups excluding carboxylic acids is 1. The summed E-state index contributed by atoms with van der Waals surface area (Å²) >= 11 is 0. The molecule has 0 heterocycles. The maximum absolute atomic E-state index is 11.2. The lowest BCUT2D eigenvalue weighted by Crippen LogP contribution is -2.40. The van der Waals surface area contributed by atoms with Gasteiger partial charge in [0.2, 0.25) is 5.91 Å². The lowest BCUT2D eigenvalue weighted by atomic mass is 9.95. The molecule has 1 amide bonds. The summed E-state index contributed by atoms with van der Waals surface area (Å²) in [6.07, 6.45) is 5.21. The monoisotopic (exact) mass is 183 g/mol. The Labute approximate surface area is 78.8 Å². The van der Waals surface area contributed by atoms with Gasteiger partial charge in [0, 0.05) is 13.2 Å². The first-order valence-electron chi connectivity index (χ1n) is 5.08. The number of carbonyl (C=O) groups is 1. The van der Waals surface area contributed by atoms with E-state index in [9.17, 15) is 4.79 Å². The van der Waals surface area contributed by atoms with Gasteiger partial charge >= 0.3 is 0 Å². The Morgan fingerprint density at radius 1 is 1.46 bits per heavy atom. The number of ether oxygens (including phenoxy) is 1. The van der Waals surface area contributed by atoms with E-state index in [1.807, 2.05) is 0 Å². The van der Waals surface area contributed by atoms with Crippen molar-refractivity contribution in [3.05, 3.63) is 0 Å². The largest absolute Gasteiger partial charge is 0.375 e. The van der Waals surface area contributed by atoms with Gasteiger partial charge in [-0.25, -0.2) is 0 Å². The van der Waals surface area contributed by atoms with Crippen molar-refractivity contribution >= 4 is 5.91 Å². The molecule has 3 atom stereocenters. The van der Waals surface area contributed by atoms with Crippen molar-refractivity contribution in [2.24, 2.45) is 11.8 Å². The third-order valence-electron chi connectivity index (χ3n) is 3.36. The van der Waals surface area contributed by atoms with Crippen LogP contribution in [-0.4, -0.2) is 25.7 Å². The highest BCUT2D eigenvalue weighted by Crippen LogP contribution is 2.44. The molecule has 2 aliphatic carbocycles.